The van der Waals surface area contributed by atoms with E-state index in [2.05, 4.69) is 0 Å². The molecule has 0 atom stereocenters. The van der Waals surface area contributed by atoms with Crippen LogP contribution in [0.15, 0.2) is 0 Å². The summed E-state index contributed by atoms with van der Waals surface area (Å²) in [6, 6.07) is 0. The van der Waals surface area contributed by atoms with E-state index in [1.807, 2.05) is 0 Å². The van der Waals surface area contributed by atoms with Crippen LogP contribution in [0.2, 0.25) is 0 Å². The Kier molecular flexibility index (Phi) is 45.1. The van der Waals surface area contributed by atoms with Gasteiger partial charge in [0.05, 0.1) is 0 Å². The molecule has 104 valence electrons. The van der Waals surface area contributed by atoms with Gasteiger partial charge in [-0.3, -0.25) is 0 Å². The molecule has 0 bridgehead atoms. The molecular weight excluding hydrogens is 291 g/mol. The van der Waals surface area contributed by atoms with Crippen molar-refractivity contribution in [2.45, 2.75) is 0 Å². The molecule has 0 radical (unpaired) electrons. The van der Waals surface area contributed by atoms with Gasteiger partial charge in [0.2, 0.25) is 0 Å². The van der Waals surface area contributed by atoms with E-state index in [9.17, 15) is 0 Å². The van der Waals surface area contributed by atoms with Crippen molar-refractivity contribution in [3.05, 3.63) is 0 Å². The Morgan fingerprint density at radius 3 is 0.294 bits per heavy atom. The van der Waals surface area contributed by atoms with Crippen molar-refractivity contribution in [1.29, 1.82) is 0 Å². The second-order valence-corrected chi connectivity index (χ2v) is 1.39. The molecule has 0 aliphatic heterocycles. The fourth-order valence-electron chi connectivity index (χ4n) is 0. The molecule has 0 aromatic heterocycles. The average Bonchev–Trinajstić information content (AvgIpc) is 1.76. The number of rotatable bonds is 0. The van der Waals surface area contributed by atoms with Crippen molar-refractivity contribution in [2.75, 3.05) is 0 Å². The van der Waals surface area contributed by atoms with Gasteiger partial charge in [0.15, 0.2) is 0 Å². The molecular formula is H12B4FeO12. The molecule has 0 aromatic carbocycles. The van der Waals surface area contributed by atoms with E-state index in [0.717, 1.165) is 0 Å². The molecule has 0 fully saturated rings. The third-order valence-electron chi connectivity index (χ3n) is 0. The van der Waals surface area contributed by atoms with E-state index in [1.54, 1.807) is 0 Å². The van der Waals surface area contributed by atoms with Crippen molar-refractivity contribution in [3.8, 4) is 0 Å². The predicted octanol–water partition coefficient (Wildman–Crippen LogP) is -8.21. The molecule has 17 heteroatoms. The average molecular weight is 303 g/mol. The number of hydrogen-bond acceptors (Lipinski definition) is 12. The van der Waals surface area contributed by atoms with E-state index in [0.29, 0.717) is 0 Å². The zero-order valence-electron chi connectivity index (χ0n) is 8.03. The normalized spacial score (nSPS) is 6.35. The predicted molar refractivity (Wildman–Crippen MR) is 49.6 cm³/mol. The van der Waals surface area contributed by atoms with Crippen LogP contribution in [0.5, 0.6) is 0 Å². The number of hydrogen-bond donors (Lipinski definition) is 12. The summed E-state index contributed by atoms with van der Waals surface area (Å²) >= 11 is 0. The summed E-state index contributed by atoms with van der Waals surface area (Å²) < 4.78 is 0. The molecule has 12 nitrogen and oxygen atoms in total. The summed E-state index contributed by atoms with van der Waals surface area (Å²) in [4.78, 5) is 0. The van der Waals surface area contributed by atoms with Crippen LogP contribution >= 0.6 is 0 Å². The Hall–Kier alpha value is 0.299. The van der Waals surface area contributed by atoms with Crippen LogP contribution in [-0.4, -0.2) is 89.6 Å². The van der Waals surface area contributed by atoms with Gasteiger partial charge in [0.25, 0.3) is 0 Å². The second kappa shape index (κ2) is 25.2. The zero-order chi connectivity index (χ0) is 14.3. The summed E-state index contributed by atoms with van der Waals surface area (Å²) in [6.07, 6.45) is 0. The summed E-state index contributed by atoms with van der Waals surface area (Å²) in [6.45, 7) is 0. The van der Waals surface area contributed by atoms with Crippen LogP contribution in [0.3, 0.4) is 0 Å². The van der Waals surface area contributed by atoms with Gasteiger partial charge in [-0.15, -0.1) is 0 Å². The molecule has 17 heavy (non-hydrogen) atoms. The van der Waals surface area contributed by atoms with Gasteiger partial charge in [-0.05, 0) is 0 Å². The molecule has 12 N–H and O–H groups in total. The zero-order valence-corrected chi connectivity index (χ0v) is 9.13. The molecule has 0 heterocycles. The van der Waals surface area contributed by atoms with Crippen LogP contribution in [-0.2, 0) is 17.1 Å². The molecule has 0 aliphatic carbocycles. The molecule has 0 rings (SSSR count). The summed E-state index contributed by atoms with van der Waals surface area (Å²) in [5, 5.41) is 86.0. The molecule has 0 saturated carbocycles. The molecule has 0 spiro atoms. The quantitative estimate of drug-likeness (QED) is 0.186. The molecule has 0 saturated heterocycles. The second-order valence-electron chi connectivity index (χ2n) is 1.39. The van der Waals surface area contributed by atoms with Crippen molar-refractivity contribution in [3.63, 3.8) is 0 Å². The van der Waals surface area contributed by atoms with Crippen LogP contribution < -0.4 is 0 Å². The first kappa shape index (κ1) is 30.4. The van der Waals surface area contributed by atoms with E-state index in [-0.39, 0.29) is 17.1 Å². The third kappa shape index (κ3) is 37200. The van der Waals surface area contributed by atoms with Gasteiger partial charge < -0.3 is 60.3 Å². The Morgan fingerprint density at radius 2 is 0.294 bits per heavy atom. The van der Waals surface area contributed by atoms with Gasteiger partial charge >= 0.3 is 29.3 Å². The minimum absolute atomic E-state index is 0. The molecule has 0 aliphatic rings. The topological polar surface area (TPSA) is 243 Å². The maximum absolute atomic E-state index is 7.17. The van der Waals surface area contributed by atoms with Gasteiger partial charge in [-0.25, -0.2) is 0 Å². The van der Waals surface area contributed by atoms with Crippen molar-refractivity contribution >= 4 is 29.3 Å². The Labute approximate surface area is 107 Å². The SMILES string of the molecule is OB(O)O.OB(O)O.OB(O)O.OB(O)O.[Fe]. The molecule has 0 aromatic rings. The van der Waals surface area contributed by atoms with E-state index >= 15 is 0 Å². The van der Waals surface area contributed by atoms with E-state index in [4.69, 9.17) is 60.3 Å². The van der Waals surface area contributed by atoms with Crippen LogP contribution in [0.1, 0.15) is 0 Å². The Morgan fingerprint density at radius 1 is 0.294 bits per heavy atom. The fraction of sp³-hybridized carbons (Fsp3) is 0. The van der Waals surface area contributed by atoms with Crippen molar-refractivity contribution < 1.29 is 77.4 Å². The largest absolute Gasteiger partial charge is 0.631 e. The molecule has 0 unspecified atom stereocenters. The standard InChI is InChI=1S/4BH3O3.Fe/c4*2-1(3)4;/h4*2-4H;. The fourth-order valence-corrected chi connectivity index (χ4v) is 0. The summed E-state index contributed by atoms with van der Waals surface area (Å²) in [5.74, 6) is 0. The van der Waals surface area contributed by atoms with Crippen molar-refractivity contribution in [2.24, 2.45) is 0 Å². The van der Waals surface area contributed by atoms with Crippen LogP contribution in [0.25, 0.3) is 0 Å². The first-order valence-corrected chi connectivity index (χ1v) is 3.10. The van der Waals surface area contributed by atoms with Gasteiger partial charge in [0, 0.05) is 17.1 Å². The minimum Gasteiger partial charge on any atom is -0.402 e. The maximum atomic E-state index is 7.17. The molecule has 0 amide bonds. The Balaban J connectivity index is -0.0000000369. The summed E-state index contributed by atoms with van der Waals surface area (Å²) in [7, 11) is -8.67. The van der Waals surface area contributed by atoms with Crippen LogP contribution in [0, 0.1) is 0 Å². The van der Waals surface area contributed by atoms with Crippen molar-refractivity contribution in [1.82, 2.24) is 0 Å². The van der Waals surface area contributed by atoms with E-state index < -0.39 is 29.3 Å². The summed E-state index contributed by atoms with van der Waals surface area (Å²) in [5.41, 5.74) is 0. The van der Waals surface area contributed by atoms with Crippen LogP contribution in [0.4, 0.5) is 0 Å². The third-order valence-corrected chi connectivity index (χ3v) is 0. The first-order valence-electron chi connectivity index (χ1n) is 3.10. The first-order chi connectivity index (χ1) is 6.93. The Bertz CT molecular complexity index is 61.5. The minimum atomic E-state index is -2.17. The maximum Gasteiger partial charge on any atom is 0.631 e. The van der Waals surface area contributed by atoms with Gasteiger partial charge in [-0.1, -0.05) is 0 Å². The van der Waals surface area contributed by atoms with Gasteiger partial charge in [-0.2, -0.15) is 0 Å². The van der Waals surface area contributed by atoms with E-state index in [1.165, 1.54) is 0 Å². The monoisotopic (exact) mass is 304 g/mol. The van der Waals surface area contributed by atoms with Gasteiger partial charge in [0.1, 0.15) is 0 Å². The smallest absolute Gasteiger partial charge is 0.402 e.